The van der Waals surface area contributed by atoms with E-state index in [1.807, 2.05) is 25.1 Å². The van der Waals surface area contributed by atoms with Gasteiger partial charge in [-0.1, -0.05) is 32.9 Å². The first-order valence-corrected chi connectivity index (χ1v) is 12.4. The Morgan fingerprint density at radius 1 is 1.12 bits per heavy atom. The minimum absolute atomic E-state index is 0.00567. The number of hydrogen-bond acceptors (Lipinski definition) is 5. The fourth-order valence-corrected chi connectivity index (χ4v) is 6.27. The maximum absolute atomic E-state index is 12.9. The standard InChI is InChI=1S/C27H36N4O3/c1-17(25(33)30-16-19-8-4-6-14-28-19)20-10-12-27(3)13-11-21(18(2)23(27)24(20)32)31-26(34)22-9-5-7-15-29-22/h4-9,14-15,17-18,20-21,23-24,32H,10-13,16H2,1-3H3,(H,30,33)(H,31,34)/t17-,18+,20?,21-,23+,24-,27-/m0/s1. The molecule has 2 heterocycles. The minimum Gasteiger partial charge on any atom is -0.392 e. The van der Waals surface area contributed by atoms with Crippen LogP contribution in [0, 0.1) is 29.1 Å². The first-order chi connectivity index (χ1) is 16.3. The summed E-state index contributed by atoms with van der Waals surface area (Å²) in [6.07, 6.45) is 6.35. The van der Waals surface area contributed by atoms with Gasteiger partial charge in [-0.15, -0.1) is 0 Å². The van der Waals surface area contributed by atoms with Crippen molar-refractivity contribution in [2.45, 2.75) is 65.1 Å². The average molecular weight is 465 g/mol. The number of amides is 2. The SMILES string of the molecule is C[C@H]1[C@@H]2[C@@H](O)C([C@H](C)C(=O)NCc3ccccn3)CC[C@@]2(C)CC[C@@H]1NC(=O)c1ccccn1. The summed E-state index contributed by atoms with van der Waals surface area (Å²) < 4.78 is 0. The van der Waals surface area contributed by atoms with Gasteiger partial charge in [-0.2, -0.15) is 0 Å². The van der Waals surface area contributed by atoms with Crippen LogP contribution in [0.2, 0.25) is 0 Å². The summed E-state index contributed by atoms with van der Waals surface area (Å²) in [7, 11) is 0. The Hall–Kier alpha value is -2.80. The zero-order valence-electron chi connectivity index (χ0n) is 20.3. The lowest BCUT2D eigenvalue weighted by Crippen LogP contribution is -2.58. The molecule has 1 unspecified atom stereocenters. The molecule has 2 aliphatic rings. The molecule has 7 heteroatoms. The smallest absolute Gasteiger partial charge is 0.270 e. The third kappa shape index (κ3) is 4.99. The lowest BCUT2D eigenvalue weighted by molar-refractivity contribution is -0.142. The van der Waals surface area contributed by atoms with Crippen molar-refractivity contribution in [2.75, 3.05) is 0 Å². The van der Waals surface area contributed by atoms with Gasteiger partial charge in [0.1, 0.15) is 5.69 Å². The lowest BCUT2D eigenvalue weighted by atomic mass is 9.51. The largest absolute Gasteiger partial charge is 0.392 e. The molecular formula is C27H36N4O3. The number of rotatable bonds is 6. The molecule has 2 saturated carbocycles. The second-order valence-corrected chi connectivity index (χ2v) is 10.4. The number of pyridine rings is 2. The number of aromatic nitrogens is 2. The van der Waals surface area contributed by atoms with Crippen molar-refractivity contribution < 1.29 is 14.7 Å². The van der Waals surface area contributed by atoms with Gasteiger partial charge in [0.25, 0.3) is 5.91 Å². The number of nitrogens with zero attached hydrogens (tertiary/aromatic N) is 2. The van der Waals surface area contributed by atoms with Gasteiger partial charge in [0, 0.05) is 24.4 Å². The van der Waals surface area contributed by atoms with Crippen molar-refractivity contribution in [1.29, 1.82) is 0 Å². The summed E-state index contributed by atoms with van der Waals surface area (Å²) in [5, 5.41) is 17.7. The highest BCUT2D eigenvalue weighted by molar-refractivity contribution is 5.92. The number of carbonyl (C=O) groups excluding carboxylic acids is 2. The molecule has 3 N–H and O–H groups in total. The van der Waals surface area contributed by atoms with E-state index < -0.39 is 6.10 Å². The van der Waals surface area contributed by atoms with Crippen LogP contribution in [0.15, 0.2) is 48.8 Å². The van der Waals surface area contributed by atoms with Gasteiger partial charge < -0.3 is 15.7 Å². The summed E-state index contributed by atoms with van der Waals surface area (Å²) in [5.41, 5.74) is 1.22. The van der Waals surface area contributed by atoms with Crippen LogP contribution < -0.4 is 10.6 Å². The third-order valence-corrected chi connectivity index (χ3v) is 8.33. The van der Waals surface area contributed by atoms with Gasteiger partial charge in [0.05, 0.1) is 18.3 Å². The van der Waals surface area contributed by atoms with Gasteiger partial charge in [-0.05, 0) is 73.1 Å². The van der Waals surface area contributed by atoms with Crippen molar-refractivity contribution in [3.63, 3.8) is 0 Å². The van der Waals surface area contributed by atoms with E-state index in [1.165, 1.54) is 0 Å². The molecule has 0 aliphatic heterocycles. The monoisotopic (exact) mass is 464 g/mol. The number of nitrogens with one attached hydrogen (secondary N) is 2. The van der Waals surface area contributed by atoms with Crippen molar-refractivity contribution in [1.82, 2.24) is 20.6 Å². The van der Waals surface area contributed by atoms with E-state index in [0.717, 1.165) is 31.4 Å². The van der Waals surface area contributed by atoms with Crippen LogP contribution in [0.3, 0.4) is 0 Å². The molecular weight excluding hydrogens is 428 g/mol. The van der Waals surface area contributed by atoms with Gasteiger partial charge in [-0.25, -0.2) is 0 Å². The van der Waals surface area contributed by atoms with E-state index in [2.05, 4.69) is 34.4 Å². The molecule has 0 aromatic carbocycles. The van der Waals surface area contributed by atoms with Crippen LogP contribution >= 0.6 is 0 Å². The molecule has 4 rings (SSSR count). The van der Waals surface area contributed by atoms with Crippen molar-refractivity contribution in [3.8, 4) is 0 Å². The highest BCUT2D eigenvalue weighted by atomic mass is 16.3. The molecule has 0 saturated heterocycles. The highest BCUT2D eigenvalue weighted by Gasteiger charge is 2.53. The molecule has 2 amide bonds. The Bertz CT molecular complexity index is 986. The summed E-state index contributed by atoms with van der Waals surface area (Å²) in [6.45, 7) is 6.68. The van der Waals surface area contributed by atoms with Crippen LogP contribution in [0.1, 0.15) is 62.6 Å². The number of aliphatic hydroxyl groups is 1. The zero-order chi connectivity index (χ0) is 24.3. The highest BCUT2D eigenvalue weighted by Crippen LogP contribution is 2.55. The quantitative estimate of drug-likeness (QED) is 0.608. The molecule has 2 aromatic heterocycles. The van der Waals surface area contributed by atoms with Crippen LogP contribution in [-0.2, 0) is 11.3 Å². The van der Waals surface area contributed by atoms with Gasteiger partial charge >= 0.3 is 0 Å². The molecule has 7 atom stereocenters. The first-order valence-electron chi connectivity index (χ1n) is 12.4. The Morgan fingerprint density at radius 2 is 1.82 bits per heavy atom. The summed E-state index contributed by atoms with van der Waals surface area (Å²) >= 11 is 0. The fraction of sp³-hybridized carbons (Fsp3) is 0.556. The topological polar surface area (TPSA) is 104 Å². The molecule has 2 aromatic rings. The van der Waals surface area contributed by atoms with Gasteiger partial charge in [-0.3, -0.25) is 19.6 Å². The Morgan fingerprint density at radius 3 is 2.50 bits per heavy atom. The third-order valence-electron chi connectivity index (χ3n) is 8.33. The summed E-state index contributed by atoms with van der Waals surface area (Å²) in [6, 6.07) is 10.9. The molecule has 2 aliphatic carbocycles. The van der Waals surface area contributed by atoms with Crippen LogP contribution in [0.25, 0.3) is 0 Å². The summed E-state index contributed by atoms with van der Waals surface area (Å²) in [4.78, 5) is 34.1. The molecule has 0 radical (unpaired) electrons. The number of hydrogen-bond donors (Lipinski definition) is 3. The summed E-state index contributed by atoms with van der Waals surface area (Å²) in [5.74, 6) is -0.548. The van der Waals surface area contributed by atoms with Crippen LogP contribution in [0.5, 0.6) is 0 Å². The second-order valence-electron chi connectivity index (χ2n) is 10.4. The molecule has 182 valence electrons. The molecule has 0 bridgehead atoms. The number of aliphatic hydroxyl groups excluding tert-OH is 1. The predicted octanol–water partition coefficient (Wildman–Crippen LogP) is 3.35. The maximum atomic E-state index is 12.9. The van der Waals surface area contributed by atoms with Gasteiger partial charge in [0.15, 0.2) is 0 Å². The first kappa shape index (κ1) is 24.3. The number of fused-ring (bicyclic) bond motifs is 1. The number of carbonyl (C=O) groups is 2. The molecule has 7 nitrogen and oxygen atoms in total. The van der Waals surface area contributed by atoms with Gasteiger partial charge in [0.2, 0.25) is 5.91 Å². The van der Waals surface area contributed by atoms with E-state index in [-0.39, 0.29) is 46.9 Å². The van der Waals surface area contributed by atoms with Crippen LogP contribution in [0.4, 0.5) is 0 Å². The predicted molar refractivity (Wildman–Crippen MR) is 129 cm³/mol. The average Bonchev–Trinajstić information content (AvgIpc) is 2.85. The van der Waals surface area contributed by atoms with E-state index in [0.29, 0.717) is 12.2 Å². The minimum atomic E-state index is -0.598. The Balaban J connectivity index is 1.42. The van der Waals surface area contributed by atoms with Crippen molar-refractivity contribution >= 4 is 11.8 Å². The molecule has 0 spiro atoms. The molecule has 34 heavy (non-hydrogen) atoms. The zero-order valence-corrected chi connectivity index (χ0v) is 20.3. The van der Waals surface area contributed by atoms with E-state index in [9.17, 15) is 14.7 Å². The van der Waals surface area contributed by atoms with E-state index >= 15 is 0 Å². The fourth-order valence-electron chi connectivity index (χ4n) is 6.27. The van der Waals surface area contributed by atoms with Crippen LogP contribution in [-0.4, -0.2) is 39.0 Å². The Labute approximate surface area is 201 Å². The van der Waals surface area contributed by atoms with E-state index in [4.69, 9.17) is 0 Å². The normalized spacial score (nSPS) is 31.7. The van der Waals surface area contributed by atoms with E-state index in [1.54, 1.807) is 30.6 Å². The Kier molecular flexibility index (Phi) is 7.31. The van der Waals surface area contributed by atoms with Crippen molar-refractivity contribution in [2.24, 2.45) is 29.1 Å². The van der Waals surface area contributed by atoms with Crippen molar-refractivity contribution in [3.05, 3.63) is 60.2 Å². The maximum Gasteiger partial charge on any atom is 0.270 e. The molecule has 2 fully saturated rings. The second kappa shape index (κ2) is 10.2. The lowest BCUT2D eigenvalue weighted by Gasteiger charge is -2.56.